The number of halogens is 1. The van der Waals surface area contributed by atoms with Crippen molar-refractivity contribution in [2.45, 2.75) is 50.4 Å². The first-order valence-corrected chi connectivity index (χ1v) is 10.1. The third-order valence-electron chi connectivity index (χ3n) is 5.78. The normalized spacial score (nSPS) is 19.6. The van der Waals surface area contributed by atoms with Crippen LogP contribution >= 0.6 is 24.0 Å². The second-order valence-corrected chi connectivity index (χ2v) is 7.47. The highest BCUT2D eigenvalue weighted by atomic mass is 127. The van der Waals surface area contributed by atoms with Gasteiger partial charge in [-0.15, -0.1) is 24.0 Å². The van der Waals surface area contributed by atoms with Crippen molar-refractivity contribution in [2.24, 2.45) is 4.99 Å². The predicted molar refractivity (Wildman–Crippen MR) is 124 cm³/mol. The average molecular weight is 483 g/mol. The summed E-state index contributed by atoms with van der Waals surface area (Å²) >= 11 is 0. The molecule has 1 aromatic carbocycles. The number of rotatable bonds is 6. The van der Waals surface area contributed by atoms with Gasteiger partial charge in [-0.3, -0.25) is 4.99 Å². The minimum absolute atomic E-state index is 0. The van der Waals surface area contributed by atoms with E-state index in [4.69, 9.17) is 4.74 Å². The molecule has 27 heavy (non-hydrogen) atoms. The number of nitrogens with one attached hydrogen (secondary N) is 2. The third kappa shape index (κ3) is 6.49. The van der Waals surface area contributed by atoms with Gasteiger partial charge >= 0.3 is 0 Å². The highest BCUT2D eigenvalue weighted by molar-refractivity contribution is 14.0. The number of benzene rings is 1. The van der Waals surface area contributed by atoms with Crippen LogP contribution in [0.25, 0.3) is 0 Å². The van der Waals surface area contributed by atoms with Crippen molar-refractivity contribution >= 4 is 29.9 Å². The van der Waals surface area contributed by atoms with Gasteiger partial charge in [0.2, 0.25) is 0 Å². The summed E-state index contributed by atoms with van der Waals surface area (Å²) in [7, 11) is 1.86. The number of hydrogen-bond donors (Lipinski definition) is 2. The van der Waals surface area contributed by atoms with Gasteiger partial charge in [-0.05, 0) is 50.5 Å². The second kappa shape index (κ2) is 11.7. The Hall–Kier alpha value is -1.08. The minimum Gasteiger partial charge on any atom is -0.381 e. The van der Waals surface area contributed by atoms with E-state index in [1.54, 1.807) is 5.57 Å². The average Bonchev–Trinajstić information content (AvgIpc) is 2.72. The Morgan fingerprint density at radius 2 is 1.89 bits per heavy atom. The molecular formula is C22H34IN3O. The van der Waals surface area contributed by atoms with Crippen molar-refractivity contribution in [3.05, 3.63) is 47.5 Å². The van der Waals surface area contributed by atoms with Gasteiger partial charge in [0.25, 0.3) is 0 Å². The maximum absolute atomic E-state index is 5.63. The zero-order valence-corrected chi connectivity index (χ0v) is 18.8. The lowest BCUT2D eigenvalue weighted by atomic mass is 9.74. The molecule has 0 aromatic heterocycles. The van der Waals surface area contributed by atoms with Crippen molar-refractivity contribution in [1.29, 1.82) is 0 Å². The SMILES string of the molecule is CN=C(NCCC1=CCCCC1)NCC1(c2ccccc2)CCOCC1.I. The van der Waals surface area contributed by atoms with E-state index in [1.807, 2.05) is 7.05 Å². The molecule has 2 aliphatic rings. The Labute approximate surface area is 181 Å². The molecule has 1 aliphatic carbocycles. The first kappa shape index (κ1) is 22.2. The van der Waals surface area contributed by atoms with Crippen LogP contribution in [0.1, 0.15) is 50.5 Å². The van der Waals surface area contributed by atoms with Gasteiger partial charge in [0.1, 0.15) is 0 Å². The van der Waals surface area contributed by atoms with Crippen LogP contribution < -0.4 is 10.6 Å². The molecule has 1 fully saturated rings. The van der Waals surface area contributed by atoms with Gasteiger partial charge < -0.3 is 15.4 Å². The molecule has 2 N–H and O–H groups in total. The van der Waals surface area contributed by atoms with Gasteiger partial charge in [0.15, 0.2) is 5.96 Å². The zero-order valence-electron chi connectivity index (χ0n) is 16.5. The maximum atomic E-state index is 5.63. The second-order valence-electron chi connectivity index (χ2n) is 7.47. The van der Waals surface area contributed by atoms with Crippen LogP contribution in [0.3, 0.4) is 0 Å². The number of ether oxygens (including phenoxy) is 1. The van der Waals surface area contributed by atoms with Crippen molar-refractivity contribution in [1.82, 2.24) is 10.6 Å². The fourth-order valence-corrected chi connectivity index (χ4v) is 4.07. The number of aliphatic imine (C=N–C) groups is 1. The Balaban J connectivity index is 0.00000261. The zero-order chi connectivity index (χ0) is 18.1. The molecule has 0 saturated carbocycles. The maximum Gasteiger partial charge on any atom is 0.191 e. The summed E-state index contributed by atoms with van der Waals surface area (Å²) < 4.78 is 5.63. The molecule has 3 rings (SSSR count). The molecule has 1 aliphatic heterocycles. The largest absolute Gasteiger partial charge is 0.381 e. The van der Waals surface area contributed by atoms with Crippen molar-refractivity contribution in [2.75, 3.05) is 33.4 Å². The number of hydrogen-bond acceptors (Lipinski definition) is 2. The van der Waals surface area contributed by atoms with Crippen LogP contribution in [0, 0.1) is 0 Å². The summed E-state index contributed by atoms with van der Waals surface area (Å²) in [5, 5.41) is 7.07. The summed E-state index contributed by atoms with van der Waals surface area (Å²) in [4.78, 5) is 4.42. The lowest BCUT2D eigenvalue weighted by Crippen LogP contribution is -2.48. The Bertz CT molecular complexity index is 609. The van der Waals surface area contributed by atoms with Crippen LogP contribution in [0.5, 0.6) is 0 Å². The Morgan fingerprint density at radius 3 is 2.56 bits per heavy atom. The van der Waals surface area contributed by atoms with Gasteiger partial charge in [0, 0.05) is 38.8 Å². The summed E-state index contributed by atoms with van der Waals surface area (Å²) in [6.07, 6.45) is 10.9. The first-order chi connectivity index (χ1) is 12.8. The Morgan fingerprint density at radius 1 is 1.11 bits per heavy atom. The monoisotopic (exact) mass is 483 g/mol. The number of nitrogens with zero attached hydrogens (tertiary/aromatic N) is 1. The van der Waals surface area contributed by atoms with Gasteiger partial charge in [0.05, 0.1) is 0 Å². The Kier molecular flexibility index (Phi) is 9.62. The molecule has 0 radical (unpaired) electrons. The summed E-state index contributed by atoms with van der Waals surface area (Å²) in [6, 6.07) is 10.9. The minimum atomic E-state index is 0. The van der Waals surface area contributed by atoms with Gasteiger partial charge in [-0.25, -0.2) is 0 Å². The highest BCUT2D eigenvalue weighted by Crippen LogP contribution is 2.34. The quantitative estimate of drug-likeness (QED) is 0.273. The van der Waals surface area contributed by atoms with Crippen LogP contribution in [-0.4, -0.2) is 39.3 Å². The van der Waals surface area contributed by atoms with E-state index in [9.17, 15) is 0 Å². The van der Waals surface area contributed by atoms with Crippen molar-refractivity contribution < 1.29 is 4.74 Å². The van der Waals surface area contributed by atoms with Gasteiger partial charge in [-0.1, -0.05) is 42.0 Å². The van der Waals surface area contributed by atoms with Crippen LogP contribution in [0.4, 0.5) is 0 Å². The molecule has 1 heterocycles. The molecule has 0 spiro atoms. The molecule has 0 bridgehead atoms. The smallest absolute Gasteiger partial charge is 0.191 e. The van der Waals surface area contributed by atoms with Crippen molar-refractivity contribution in [3.8, 4) is 0 Å². The predicted octanol–water partition coefficient (Wildman–Crippen LogP) is 4.41. The van der Waals surface area contributed by atoms with Gasteiger partial charge in [-0.2, -0.15) is 0 Å². The van der Waals surface area contributed by atoms with Crippen molar-refractivity contribution in [3.63, 3.8) is 0 Å². The standard InChI is InChI=1S/C22H33N3O.HI/c1-23-21(24-15-12-19-8-4-2-5-9-19)25-18-22(13-16-26-17-14-22)20-10-6-3-7-11-20;/h3,6-8,10-11H,2,4-5,9,12-18H2,1H3,(H2,23,24,25);1H. The molecule has 1 aromatic rings. The number of allylic oxidation sites excluding steroid dienone is 1. The lowest BCUT2D eigenvalue weighted by Gasteiger charge is -2.38. The van der Waals surface area contributed by atoms with E-state index in [0.717, 1.165) is 51.5 Å². The van der Waals surface area contributed by atoms with E-state index < -0.39 is 0 Å². The molecule has 1 saturated heterocycles. The van der Waals surface area contributed by atoms with E-state index in [2.05, 4.69) is 52.0 Å². The summed E-state index contributed by atoms with van der Waals surface area (Å²) in [5.74, 6) is 0.906. The molecule has 5 heteroatoms. The lowest BCUT2D eigenvalue weighted by molar-refractivity contribution is 0.0514. The molecular weight excluding hydrogens is 449 g/mol. The number of guanidine groups is 1. The van der Waals surface area contributed by atoms with E-state index >= 15 is 0 Å². The summed E-state index contributed by atoms with van der Waals surface area (Å²) in [6.45, 7) is 3.50. The molecule has 4 nitrogen and oxygen atoms in total. The molecule has 0 unspecified atom stereocenters. The topological polar surface area (TPSA) is 45.7 Å². The fraction of sp³-hybridized carbons (Fsp3) is 0.591. The molecule has 0 amide bonds. The van der Waals surface area contributed by atoms with Crippen LogP contribution in [0.2, 0.25) is 0 Å². The molecule has 0 atom stereocenters. The summed E-state index contributed by atoms with van der Waals surface area (Å²) in [5.41, 5.74) is 3.13. The first-order valence-electron chi connectivity index (χ1n) is 10.1. The van der Waals surface area contributed by atoms with E-state index in [-0.39, 0.29) is 29.4 Å². The van der Waals surface area contributed by atoms with Crippen LogP contribution in [0.15, 0.2) is 47.0 Å². The fourth-order valence-electron chi connectivity index (χ4n) is 4.07. The molecule has 150 valence electrons. The van der Waals surface area contributed by atoms with E-state index in [1.165, 1.54) is 31.2 Å². The van der Waals surface area contributed by atoms with Crippen LogP contribution in [-0.2, 0) is 10.2 Å². The highest BCUT2D eigenvalue weighted by Gasteiger charge is 2.34. The van der Waals surface area contributed by atoms with E-state index in [0.29, 0.717) is 0 Å². The third-order valence-corrected chi connectivity index (χ3v) is 5.78.